The van der Waals surface area contributed by atoms with Crippen LogP contribution in [0.3, 0.4) is 0 Å². The van der Waals surface area contributed by atoms with Gasteiger partial charge in [-0.25, -0.2) is 0 Å². The Kier molecular flexibility index (Phi) is 3.01. The van der Waals surface area contributed by atoms with Crippen molar-refractivity contribution in [3.8, 4) is 0 Å². The van der Waals surface area contributed by atoms with Crippen molar-refractivity contribution >= 4 is 11.6 Å². The standard InChI is InChI=1S/C10H16O2/c1-3-4-8(11)6-10(12)9-5-7(9)2/h7,9H,3-6H2,1-2H3. The molecule has 0 bridgehead atoms. The van der Waals surface area contributed by atoms with Crippen molar-refractivity contribution in [3.63, 3.8) is 0 Å². The summed E-state index contributed by atoms with van der Waals surface area (Å²) in [5.74, 6) is 1.03. The van der Waals surface area contributed by atoms with Crippen LogP contribution in [0.4, 0.5) is 0 Å². The summed E-state index contributed by atoms with van der Waals surface area (Å²) in [6.45, 7) is 4.02. The molecule has 0 amide bonds. The second kappa shape index (κ2) is 3.83. The Bertz CT molecular complexity index is 196. The first-order valence-corrected chi connectivity index (χ1v) is 4.69. The van der Waals surface area contributed by atoms with Crippen molar-refractivity contribution in [1.82, 2.24) is 0 Å². The van der Waals surface area contributed by atoms with Crippen LogP contribution in [-0.2, 0) is 9.59 Å². The molecule has 12 heavy (non-hydrogen) atoms. The molecule has 2 nitrogen and oxygen atoms in total. The molecule has 2 atom stereocenters. The topological polar surface area (TPSA) is 34.1 Å². The van der Waals surface area contributed by atoms with Crippen LogP contribution in [0.5, 0.6) is 0 Å². The van der Waals surface area contributed by atoms with E-state index in [1.807, 2.05) is 6.92 Å². The molecule has 2 heteroatoms. The number of ketones is 2. The van der Waals surface area contributed by atoms with E-state index in [4.69, 9.17) is 0 Å². The first-order chi connectivity index (χ1) is 5.65. The molecule has 0 aromatic rings. The fourth-order valence-electron chi connectivity index (χ4n) is 1.46. The minimum Gasteiger partial charge on any atom is -0.299 e. The minimum absolute atomic E-state index is 0.113. The normalized spacial score (nSPS) is 26.8. The lowest BCUT2D eigenvalue weighted by molar-refractivity contribution is -0.127. The maximum atomic E-state index is 11.3. The van der Waals surface area contributed by atoms with Crippen LogP contribution in [0.1, 0.15) is 39.5 Å². The monoisotopic (exact) mass is 168 g/mol. The van der Waals surface area contributed by atoms with Gasteiger partial charge in [-0.15, -0.1) is 0 Å². The summed E-state index contributed by atoms with van der Waals surface area (Å²) in [6, 6.07) is 0. The van der Waals surface area contributed by atoms with E-state index >= 15 is 0 Å². The van der Waals surface area contributed by atoms with E-state index in [1.165, 1.54) is 0 Å². The smallest absolute Gasteiger partial charge is 0.143 e. The molecule has 0 N–H and O–H groups in total. The molecule has 0 spiro atoms. The number of carbonyl (C=O) groups is 2. The molecule has 0 aromatic heterocycles. The van der Waals surface area contributed by atoms with Crippen LogP contribution in [-0.4, -0.2) is 11.6 Å². The Hall–Kier alpha value is -0.660. The van der Waals surface area contributed by atoms with Crippen LogP contribution >= 0.6 is 0 Å². The van der Waals surface area contributed by atoms with E-state index in [1.54, 1.807) is 0 Å². The molecule has 0 radical (unpaired) electrons. The molecule has 1 fully saturated rings. The number of hydrogen-bond donors (Lipinski definition) is 0. The Morgan fingerprint density at radius 1 is 1.42 bits per heavy atom. The second-order valence-electron chi connectivity index (χ2n) is 3.75. The maximum Gasteiger partial charge on any atom is 0.143 e. The molecule has 68 valence electrons. The SMILES string of the molecule is CCCC(=O)CC(=O)C1CC1C. The molecule has 0 aliphatic heterocycles. The molecular formula is C10H16O2. The summed E-state index contributed by atoms with van der Waals surface area (Å²) in [7, 11) is 0. The molecule has 1 saturated carbocycles. The third kappa shape index (κ3) is 2.43. The van der Waals surface area contributed by atoms with E-state index in [-0.39, 0.29) is 23.9 Å². The fraction of sp³-hybridized carbons (Fsp3) is 0.800. The van der Waals surface area contributed by atoms with Gasteiger partial charge in [-0.05, 0) is 18.8 Å². The van der Waals surface area contributed by atoms with Crippen LogP contribution in [0, 0.1) is 11.8 Å². The third-order valence-corrected chi connectivity index (χ3v) is 2.42. The van der Waals surface area contributed by atoms with Gasteiger partial charge >= 0.3 is 0 Å². The Morgan fingerprint density at radius 3 is 2.42 bits per heavy atom. The van der Waals surface area contributed by atoms with E-state index in [0.29, 0.717) is 12.3 Å². The number of carbonyl (C=O) groups excluding carboxylic acids is 2. The van der Waals surface area contributed by atoms with Gasteiger partial charge in [0.25, 0.3) is 0 Å². The van der Waals surface area contributed by atoms with Gasteiger partial charge in [0.05, 0.1) is 6.42 Å². The van der Waals surface area contributed by atoms with Crippen LogP contribution in [0.15, 0.2) is 0 Å². The van der Waals surface area contributed by atoms with Gasteiger partial charge in [-0.1, -0.05) is 13.8 Å². The average Bonchev–Trinajstić information content (AvgIpc) is 2.67. The Balaban J connectivity index is 2.22. The van der Waals surface area contributed by atoms with Crippen molar-refractivity contribution in [3.05, 3.63) is 0 Å². The third-order valence-electron chi connectivity index (χ3n) is 2.42. The highest BCUT2D eigenvalue weighted by Gasteiger charge is 2.38. The largest absolute Gasteiger partial charge is 0.299 e. The lowest BCUT2D eigenvalue weighted by atomic mass is 10.1. The summed E-state index contributed by atoms with van der Waals surface area (Å²) in [6.07, 6.45) is 2.60. The highest BCUT2D eigenvalue weighted by Crippen LogP contribution is 2.39. The van der Waals surface area contributed by atoms with Crippen LogP contribution in [0.2, 0.25) is 0 Å². The number of rotatable bonds is 5. The molecule has 1 aliphatic carbocycles. The number of hydrogen-bond acceptors (Lipinski definition) is 2. The lowest BCUT2D eigenvalue weighted by Gasteiger charge is -1.96. The molecular weight excluding hydrogens is 152 g/mol. The zero-order chi connectivity index (χ0) is 9.14. The van der Waals surface area contributed by atoms with Gasteiger partial charge in [0.1, 0.15) is 11.6 Å². The summed E-state index contributed by atoms with van der Waals surface area (Å²) < 4.78 is 0. The molecule has 0 saturated heterocycles. The van der Waals surface area contributed by atoms with Crippen molar-refractivity contribution in [2.24, 2.45) is 11.8 Å². The van der Waals surface area contributed by atoms with Gasteiger partial charge in [-0.2, -0.15) is 0 Å². The minimum atomic E-state index is 0.113. The summed E-state index contributed by atoms with van der Waals surface area (Å²) >= 11 is 0. The molecule has 0 aromatic carbocycles. The zero-order valence-electron chi connectivity index (χ0n) is 7.80. The second-order valence-corrected chi connectivity index (χ2v) is 3.75. The van der Waals surface area contributed by atoms with Gasteiger partial charge in [0, 0.05) is 12.3 Å². The quantitative estimate of drug-likeness (QED) is 0.588. The van der Waals surface area contributed by atoms with Gasteiger partial charge in [0.2, 0.25) is 0 Å². The van der Waals surface area contributed by atoms with E-state index in [9.17, 15) is 9.59 Å². The van der Waals surface area contributed by atoms with Crippen molar-refractivity contribution < 1.29 is 9.59 Å². The molecule has 0 heterocycles. The fourth-order valence-corrected chi connectivity index (χ4v) is 1.46. The average molecular weight is 168 g/mol. The lowest BCUT2D eigenvalue weighted by Crippen LogP contribution is -2.09. The summed E-state index contributed by atoms with van der Waals surface area (Å²) in [5.41, 5.74) is 0. The highest BCUT2D eigenvalue weighted by atomic mass is 16.1. The molecule has 1 rings (SSSR count). The van der Waals surface area contributed by atoms with Crippen molar-refractivity contribution in [2.45, 2.75) is 39.5 Å². The van der Waals surface area contributed by atoms with Crippen LogP contribution < -0.4 is 0 Å². The zero-order valence-corrected chi connectivity index (χ0v) is 7.80. The summed E-state index contributed by atoms with van der Waals surface area (Å²) in [4.78, 5) is 22.4. The van der Waals surface area contributed by atoms with Crippen LogP contribution in [0.25, 0.3) is 0 Å². The van der Waals surface area contributed by atoms with Gasteiger partial charge < -0.3 is 0 Å². The number of Topliss-reactive ketones (excluding diaryl/α,β-unsaturated/α-hetero) is 2. The first kappa shape index (κ1) is 9.43. The Labute approximate surface area is 73.3 Å². The van der Waals surface area contributed by atoms with Crippen molar-refractivity contribution in [2.75, 3.05) is 0 Å². The van der Waals surface area contributed by atoms with Gasteiger partial charge in [-0.3, -0.25) is 9.59 Å². The Morgan fingerprint density at radius 2 is 2.00 bits per heavy atom. The van der Waals surface area contributed by atoms with Crippen molar-refractivity contribution in [1.29, 1.82) is 0 Å². The predicted molar refractivity (Wildman–Crippen MR) is 46.8 cm³/mol. The van der Waals surface area contributed by atoms with E-state index < -0.39 is 0 Å². The van der Waals surface area contributed by atoms with E-state index in [0.717, 1.165) is 12.8 Å². The predicted octanol–water partition coefficient (Wildman–Crippen LogP) is 1.97. The molecule has 2 unspecified atom stereocenters. The first-order valence-electron chi connectivity index (χ1n) is 4.69. The molecule has 1 aliphatic rings. The highest BCUT2D eigenvalue weighted by molar-refractivity contribution is 6.01. The maximum absolute atomic E-state index is 11.3. The summed E-state index contributed by atoms with van der Waals surface area (Å²) in [5, 5.41) is 0. The van der Waals surface area contributed by atoms with E-state index in [2.05, 4.69) is 6.92 Å². The van der Waals surface area contributed by atoms with Gasteiger partial charge in [0.15, 0.2) is 0 Å².